The second-order valence-corrected chi connectivity index (χ2v) is 3.98. The van der Waals surface area contributed by atoms with Crippen LogP contribution < -0.4 is 0 Å². The number of fused-ring (bicyclic) bond motifs is 1. The molecule has 0 amide bonds. The number of nitrogens with zero attached hydrogens (tertiary/aromatic N) is 4. The topological polar surface area (TPSA) is 60.7 Å². The van der Waals surface area contributed by atoms with Crippen LogP contribution in [0.2, 0.25) is 0 Å². The van der Waals surface area contributed by atoms with Gasteiger partial charge in [0.05, 0.1) is 23.1 Å². The molecule has 0 aliphatic rings. The van der Waals surface area contributed by atoms with E-state index in [2.05, 4.69) is 15.0 Å². The lowest BCUT2D eigenvalue weighted by Gasteiger charge is -2.01. The molecule has 0 atom stereocenters. The van der Waals surface area contributed by atoms with Crippen LogP contribution in [0.5, 0.6) is 0 Å². The Hall–Kier alpha value is -2.56. The molecule has 0 saturated carbocycles. The maximum atomic E-state index is 10.7. The summed E-state index contributed by atoms with van der Waals surface area (Å²) in [5.41, 5.74) is 3.61. The first kappa shape index (κ1) is 10.6. The lowest BCUT2D eigenvalue weighted by Crippen LogP contribution is -1.93. The van der Waals surface area contributed by atoms with E-state index in [0.717, 1.165) is 22.3 Å². The number of carbonyl (C=O) groups is 1. The van der Waals surface area contributed by atoms with Crippen molar-refractivity contribution >= 4 is 17.3 Å². The van der Waals surface area contributed by atoms with E-state index >= 15 is 0 Å². The maximum Gasteiger partial charge on any atom is 0.193 e. The molecule has 2 aromatic heterocycles. The zero-order valence-corrected chi connectivity index (χ0v) is 9.74. The number of aromatic nitrogens is 4. The minimum Gasteiger partial charge on any atom is -0.334 e. The van der Waals surface area contributed by atoms with Crippen molar-refractivity contribution in [2.24, 2.45) is 7.05 Å². The minimum atomic E-state index is 0.189. The van der Waals surface area contributed by atoms with Crippen molar-refractivity contribution in [3.63, 3.8) is 0 Å². The molecule has 0 spiro atoms. The molecule has 3 aromatic rings. The zero-order valence-electron chi connectivity index (χ0n) is 9.74. The zero-order chi connectivity index (χ0) is 12.5. The van der Waals surface area contributed by atoms with Crippen LogP contribution in [0.1, 0.15) is 10.6 Å². The number of carbonyl (C=O) groups excluding carboxylic acids is 1. The van der Waals surface area contributed by atoms with Gasteiger partial charge in [-0.25, -0.2) is 15.0 Å². The molecule has 0 fully saturated rings. The molecule has 1 aromatic carbocycles. The van der Waals surface area contributed by atoms with Gasteiger partial charge in [-0.3, -0.25) is 4.79 Å². The second-order valence-electron chi connectivity index (χ2n) is 3.98. The SMILES string of the molecule is Cn1cnc2cc(-c3ccnc(C=O)n3)ccc21. The van der Waals surface area contributed by atoms with Gasteiger partial charge in [0.2, 0.25) is 0 Å². The third-order valence-electron chi connectivity index (χ3n) is 2.80. The van der Waals surface area contributed by atoms with Crippen LogP contribution in [0.4, 0.5) is 0 Å². The molecule has 2 heterocycles. The number of imidazole rings is 1. The Morgan fingerprint density at radius 3 is 2.94 bits per heavy atom. The molecule has 3 rings (SSSR count). The van der Waals surface area contributed by atoms with E-state index in [-0.39, 0.29) is 5.82 Å². The van der Waals surface area contributed by atoms with Crippen molar-refractivity contribution in [1.29, 1.82) is 0 Å². The van der Waals surface area contributed by atoms with Crippen LogP contribution in [0.25, 0.3) is 22.3 Å². The number of aldehydes is 1. The van der Waals surface area contributed by atoms with E-state index in [1.54, 1.807) is 18.6 Å². The second kappa shape index (κ2) is 4.03. The van der Waals surface area contributed by atoms with Crippen molar-refractivity contribution < 1.29 is 4.79 Å². The number of rotatable bonds is 2. The van der Waals surface area contributed by atoms with Crippen molar-refractivity contribution in [2.45, 2.75) is 0 Å². The third-order valence-corrected chi connectivity index (χ3v) is 2.80. The molecular weight excluding hydrogens is 228 g/mol. The first-order chi connectivity index (χ1) is 8.78. The molecule has 18 heavy (non-hydrogen) atoms. The van der Waals surface area contributed by atoms with Crippen LogP contribution in [0.3, 0.4) is 0 Å². The average molecular weight is 238 g/mol. The average Bonchev–Trinajstić information content (AvgIpc) is 2.80. The van der Waals surface area contributed by atoms with Gasteiger partial charge in [-0.05, 0) is 18.2 Å². The van der Waals surface area contributed by atoms with E-state index in [1.165, 1.54) is 0 Å². The molecule has 0 bridgehead atoms. The summed E-state index contributed by atoms with van der Waals surface area (Å²) in [7, 11) is 1.95. The van der Waals surface area contributed by atoms with Gasteiger partial charge >= 0.3 is 0 Å². The Morgan fingerprint density at radius 2 is 2.11 bits per heavy atom. The fourth-order valence-electron chi connectivity index (χ4n) is 1.89. The Labute approximate surface area is 103 Å². The number of hydrogen-bond donors (Lipinski definition) is 0. The summed E-state index contributed by atoms with van der Waals surface area (Å²) >= 11 is 0. The quantitative estimate of drug-likeness (QED) is 0.639. The van der Waals surface area contributed by atoms with Crippen LogP contribution in [-0.4, -0.2) is 25.8 Å². The summed E-state index contributed by atoms with van der Waals surface area (Å²) in [6, 6.07) is 7.67. The first-order valence-corrected chi connectivity index (χ1v) is 5.47. The van der Waals surface area contributed by atoms with Gasteiger partial charge in [0.1, 0.15) is 0 Å². The predicted octanol–water partition coefficient (Wildman–Crippen LogP) is 1.84. The number of hydrogen-bond acceptors (Lipinski definition) is 4. The molecule has 88 valence electrons. The van der Waals surface area contributed by atoms with Crippen molar-refractivity contribution in [1.82, 2.24) is 19.5 Å². The first-order valence-electron chi connectivity index (χ1n) is 5.47. The Balaban J connectivity index is 2.15. The molecule has 5 heteroatoms. The summed E-state index contributed by atoms with van der Waals surface area (Å²) in [4.78, 5) is 23.0. The largest absolute Gasteiger partial charge is 0.334 e. The molecule has 0 radical (unpaired) electrons. The molecule has 0 aliphatic heterocycles. The number of aryl methyl sites for hydroxylation is 1. The highest BCUT2D eigenvalue weighted by Gasteiger charge is 2.05. The predicted molar refractivity (Wildman–Crippen MR) is 67.1 cm³/mol. The van der Waals surface area contributed by atoms with Gasteiger partial charge in [0.15, 0.2) is 12.1 Å². The molecular formula is C13H10N4O. The van der Waals surface area contributed by atoms with Crippen LogP contribution in [-0.2, 0) is 7.05 Å². The molecule has 0 saturated heterocycles. The summed E-state index contributed by atoms with van der Waals surface area (Å²) < 4.78 is 1.95. The lowest BCUT2D eigenvalue weighted by atomic mass is 10.1. The highest BCUT2D eigenvalue weighted by molar-refractivity contribution is 5.81. The van der Waals surface area contributed by atoms with Gasteiger partial charge in [-0.2, -0.15) is 0 Å². The van der Waals surface area contributed by atoms with Gasteiger partial charge in [0.25, 0.3) is 0 Å². The fraction of sp³-hybridized carbons (Fsp3) is 0.0769. The van der Waals surface area contributed by atoms with Gasteiger partial charge in [-0.15, -0.1) is 0 Å². The lowest BCUT2D eigenvalue weighted by molar-refractivity contribution is 0.111. The maximum absolute atomic E-state index is 10.7. The van der Waals surface area contributed by atoms with Crippen LogP contribution >= 0.6 is 0 Å². The molecule has 0 unspecified atom stereocenters. The van der Waals surface area contributed by atoms with E-state index in [4.69, 9.17) is 0 Å². The Bertz CT molecular complexity index is 733. The summed E-state index contributed by atoms with van der Waals surface area (Å²) in [6.07, 6.45) is 3.99. The van der Waals surface area contributed by atoms with Gasteiger partial charge < -0.3 is 4.57 Å². The number of benzene rings is 1. The van der Waals surface area contributed by atoms with Crippen molar-refractivity contribution in [2.75, 3.05) is 0 Å². The summed E-state index contributed by atoms with van der Waals surface area (Å²) in [6.45, 7) is 0. The van der Waals surface area contributed by atoms with Crippen LogP contribution in [0.15, 0.2) is 36.8 Å². The molecule has 0 aliphatic carbocycles. The summed E-state index contributed by atoms with van der Waals surface area (Å²) in [5.74, 6) is 0.189. The van der Waals surface area contributed by atoms with Crippen molar-refractivity contribution in [3.8, 4) is 11.3 Å². The fourth-order valence-corrected chi connectivity index (χ4v) is 1.89. The van der Waals surface area contributed by atoms with Crippen LogP contribution in [0, 0.1) is 0 Å². The minimum absolute atomic E-state index is 0.189. The highest BCUT2D eigenvalue weighted by Crippen LogP contribution is 2.21. The Morgan fingerprint density at radius 1 is 1.22 bits per heavy atom. The monoisotopic (exact) mass is 238 g/mol. The summed E-state index contributed by atoms with van der Waals surface area (Å²) in [5, 5.41) is 0. The van der Waals surface area contributed by atoms with Crippen molar-refractivity contribution in [3.05, 3.63) is 42.6 Å². The van der Waals surface area contributed by atoms with Gasteiger partial charge in [0, 0.05) is 18.8 Å². The Kier molecular flexibility index (Phi) is 2.37. The standard InChI is InChI=1S/C13H10N4O/c1-17-8-15-11-6-9(2-3-12(11)17)10-4-5-14-13(7-18)16-10/h2-8H,1H3. The van der Waals surface area contributed by atoms with Gasteiger partial charge in [-0.1, -0.05) is 6.07 Å². The van der Waals surface area contributed by atoms with E-state index in [0.29, 0.717) is 6.29 Å². The van der Waals surface area contributed by atoms with E-state index in [9.17, 15) is 4.79 Å². The molecule has 5 nitrogen and oxygen atoms in total. The van der Waals surface area contributed by atoms with E-state index < -0.39 is 0 Å². The molecule has 0 N–H and O–H groups in total. The highest BCUT2D eigenvalue weighted by atomic mass is 16.1. The normalized spacial score (nSPS) is 10.7. The smallest absolute Gasteiger partial charge is 0.193 e. The third kappa shape index (κ3) is 1.66. The van der Waals surface area contributed by atoms with E-state index in [1.807, 2.05) is 29.8 Å².